The molecule has 0 radical (unpaired) electrons. The van der Waals surface area contributed by atoms with E-state index in [0.29, 0.717) is 54.2 Å². The number of carbonyl (C=O) groups is 2. The molecule has 0 aliphatic heterocycles. The minimum atomic E-state index is -1.09. The van der Waals surface area contributed by atoms with Gasteiger partial charge in [-0.1, -0.05) is 6.92 Å². The molecule has 0 aliphatic carbocycles. The predicted octanol–water partition coefficient (Wildman–Crippen LogP) is 2.43. The molecule has 1 unspecified atom stereocenters. The first-order chi connectivity index (χ1) is 21.6. The Labute approximate surface area is 258 Å². The van der Waals surface area contributed by atoms with Gasteiger partial charge in [-0.3, -0.25) is 19.4 Å². The Hall–Kier alpha value is -5.31. The van der Waals surface area contributed by atoms with Crippen LogP contribution in [0.1, 0.15) is 35.7 Å². The van der Waals surface area contributed by atoms with Gasteiger partial charge in [-0.2, -0.15) is 4.39 Å². The lowest BCUT2D eigenvalue weighted by Crippen LogP contribution is -2.44. The second-order valence-electron chi connectivity index (χ2n) is 10.0. The minimum Gasteiger partial charge on any atom is -0.494 e. The Bertz CT molecular complexity index is 1690. The minimum absolute atomic E-state index is 0.0164. The third kappa shape index (κ3) is 7.80. The van der Waals surface area contributed by atoms with Gasteiger partial charge in [0.2, 0.25) is 11.7 Å². The fraction of sp³-hybridized carbons (Fsp3) is 0.300. The zero-order valence-electron chi connectivity index (χ0n) is 24.9. The maximum absolute atomic E-state index is 14.8. The van der Waals surface area contributed by atoms with Gasteiger partial charge in [0.1, 0.15) is 0 Å². The molecule has 4 rings (SSSR count). The molecule has 15 heteroatoms. The summed E-state index contributed by atoms with van der Waals surface area (Å²) in [6, 6.07) is 7.30. The van der Waals surface area contributed by atoms with Gasteiger partial charge < -0.3 is 37.5 Å². The van der Waals surface area contributed by atoms with Crippen LogP contribution in [0.4, 0.5) is 20.3 Å². The summed E-state index contributed by atoms with van der Waals surface area (Å²) in [4.78, 5) is 33.9. The monoisotopic (exact) mass is 622 g/mol. The number of anilines is 2. The molecule has 0 spiro atoms. The molecule has 0 saturated carbocycles. The second-order valence-corrected chi connectivity index (χ2v) is 10.0. The highest BCUT2D eigenvalue weighted by atomic mass is 19.2. The highest BCUT2D eigenvalue weighted by molar-refractivity contribution is 5.96. The standard InChI is InChI=1S/C30H36F2N10O3/c1-3-17-15-18(6-7-19(17)28(43)37-11-12-38-29(44)21(33)5-4-10-39-30(34)35)41-26-27-40-16-22(42(27)14-13-36-26)20-8-9-23(45-2)25(32)24(20)31/h6-9,13-16,21H,3-5,10-12,33H2,1-2H3,(H,36,41)(H,37,43)(H,38,44)(H4,34,35,39). The summed E-state index contributed by atoms with van der Waals surface area (Å²) < 4.78 is 35.7. The first kappa shape index (κ1) is 32.6. The summed E-state index contributed by atoms with van der Waals surface area (Å²) in [5.74, 6) is -2.72. The third-order valence-electron chi connectivity index (χ3n) is 7.02. The van der Waals surface area contributed by atoms with Crippen LogP contribution in [0, 0.1) is 17.0 Å². The lowest BCUT2D eigenvalue weighted by molar-refractivity contribution is -0.122. The van der Waals surface area contributed by atoms with Crippen LogP contribution in [0.3, 0.4) is 0 Å². The molecule has 9 N–H and O–H groups in total. The van der Waals surface area contributed by atoms with E-state index in [0.717, 1.165) is 5.56 Å². The largest absolute Gasteiger partial charge is 0.494 e. The van der Waals surface area contributed by atoms with Crippen LogP contribution >= 0.6 is 0 Å². The van der Waals surface area contributed by atoms with Crippen molar-refractivity contribution in [2.24, 2.45) is 11.5 Å². The number of nitrogens with one attached hydrogen (secondary N) is 5. The SMILES string of the molecule is CCc1cc(Nc2nccn3c(-c4ccc(OC)c(F)c4F)cnc23)ccc1C(=O)NCCNC(=O)C(N)CCCNC(=N)N. The van der Waals surface area contributed by atoms with E-state index in [9.17, 15) is 18.4 Å². The van der Waals surface area contributed by atoms with Crippen molar-refractivity contribution in [3.05, 3.63) is 71.7 Å². The van der Waals surface area contributed by atoms with Gasteiger partial charge in [0.25, 0.3) is 5.91 Å². The fourth-order valence-corrected chi connectivity index (χ4v) is 4.68. The Kier molecular flexibility index (Phi) is 10.8. The molecule has 0 saturated heterocycles. The van der Waals surface area contributed by atoms with Gasteiger partial charge in [0.05, 0.1) is 25.0 Å². The number of amides is 2. The van der Waals surface area contributed by atoms with Crippen LogP contribution in [0.2, 0.25) is 0 Å². The zero-order chi connectivity index (χ0) is 32.5. The number of nitrogens with zero attached hydrogens (tertiary/aromatic N) is 3. The number of methoxy groups -OCH3 is 1. The number of hydrogen-bond acceptors (Lipinski definition) is 8. The van der Waals surface area contributed by atoms with Gasteiger partial charge >= 0.3 is 0 Å². The second kappa shape index (κ2) is 14.9. The number of carbonyl (C=O) groups excluding carboxylic acids is 2. The summed E-state index contributed by atoms with van der Waals surface area (Å²) >= 11 is 0. The first-order valence-electron chi connectivity index (χ1n) is 14.3. The van der Waals surface area contributed by atoms with Crippen molar-refractivity contribution in [2.75, 3.05) is 32.1 Å². The maximum atomic E-state index is 14.8. The molecular formula is C30H36F2N10O3. The predicted molar refractivity (Wildman–Crippen MR) is 166 cm³/mol. The number of aryl methyl sites for hydroxylation is 1. The smallest absolute Gasteiger partial charge is 0.251 e. The summed E-state index contributed by atoms with van der Waals surface area (Å²) in [5.41, 5.74) is 13.7. The molecule has 2 aromatic carbocycles. The summed E-state index contributed by atoms with van der Waals surface area (Å²) in [5, 5.41) is 18.5. The number of rotatable bonds is 14. The lowest BCUT2D eigenvalue weighted by Gasteiger charge is -2.14. The van der Waals surface area contributed by atoms with Crippen LogP contribution in [-0.2, 0) is 11.2 Å². The molecule has 0 aliphatic rings. The van der Waals surface area contributed by atoms with E-state index in [2.05, 4.69) is 31.2 Å². The highest BCUT2D eigenvalue weighted by Gasteiger charge is 2.20. The summed E-state index contributed by atoms with van der Waals surface area (Å²) in [6.07, 6.45) is 6.11. The molecular weight excluding hydrogens is 586 g/mol. The van der Waals surface area contributed by atoms with Crippen molar-refractivity contribution in [1.29, 1.82) is 5.41 Å². The molecule has 1 atom stereocenters. The molecule has 45 heavy (non-hydrogen) atoms. The number of aromatic nitrogens is 3. The van der Waals surface area contributed by atoms with E-state index < -0.39 is 17.7 Å². The fourth-order valence-electron chi connectivity index (χ4n) is 4.68. The number of ether oxygens (including phenoxy) is 1. The third-order valence-corrected chi connectivity index (χ3v) is 7.02. The lowest BCUT2D eigenvalue weighted by atomic mass is 10.0. The van der Waals surface area contributed by atoms with Crippen molar-refractivity contribution in [1.82, 2.24) is 30.3 Å². The van der Waals surface area contributed by atoms with E-state index in [1.54, 1.807) is 22.7 Å². The average molecular weight is 623 g/mol. The van der Waals surface area contributed by atoms with Gasteiger partial charge in [-0.25, -0.2) is 14.4 Å². The van der Waals surface area contributed by atoms with E-state index >= 15 is 0 Å². The van der Waals surface area contributed by atoms with Crippen LogP contribution in [0.15, 0.2) is 48.9 Å². The number of halogens is 2. The van der Waals surface area contributed by atoms with Gasteiger partial charge in [0.15, 0.2) is 29.0 Å². The van der Waals surface area contributed by atoms with E-state index in [1.807, 2.05) is 13.0 Å². The summed E-state index contributed by atoms with van der Waals surface area (Å²) in [7, 11) is 1.26. The molecule has 2 amide bonds. The van der Waals surface area contributed by atoms with Crippen molar-refractivity contribution >= 4 is 34.9 Å². The average Bonchev–Trinajstić information content (AvgIpc) is 3.47. The Morgan fingerprint density at radius 1 is 1.07 bits per heavy atom. The number of benzene rings is 2. The number of guanidine groups is 1. The van der Waals surface area contributed by atoms with Crippen LogP contribution in [0.25, 0.3) is 16.9 Å². The molecule has 0 bridgehead atoms. The number of hydrogen-bond donors (Lipinski definition) is 7. The molecule has 2 heterocycles. The first-order valence-corrected chi connectivity index (χ1v) is 14.3. The van der Waals surface area contributed by atoms with Crippen molar-refractivity contribution in [3.63, 3.8) is 0 Å². The maximum Gasteiger partial charge on any atom is 0.251 e. The molecule has 13 nitrogen and oxygen atoms in total. The molecule has 0 fully saturated rings. The molecule has 2 aromatic heterocycles. The van der Waals surface area contributed by atoms with E-state index in [1.165, 1.54) is 31.6 Å². The van der Waals surface area contributed by atoms with Crippen LogP contribution < -0.4 is 37.5 Å². The number of fused-ring (bicyclic) bond motifs is 1. The van der Waals surface area contributed by atoms with E-state index in [4.69, 9.17) is 21.6 Å². The molecule has 238 valence electrons. The molecule has 4 aromatic rings. The van der Waals surface area contributed by atoms with E-state index in [-0.39, 0.29) is 42.2 Å². The normalized spacial score (nSPS) is 11.6. The highest BCUT2D eigenvalue weighted by Crippen LogP contribution is 2.31. The van der Waals surface area contributed by atoms with Crippen LogP contribution in [0.5, 0.6) is 5.75 Å². The number of nitrogens with two attached hydrogens (primary N) is 2. The van der Waals surface area contributed by atoms with Gasteiger partial charge in [-0.05, 0) is 55.2 Å². The quantitative estimate of drug-likeness (QED) is 0.0627. The van der Waals surface area contributed by atoms with Crippen LogP contribution in [-0.4, -0.2) is 64.9 Å². The van der Waals surface area contributed by atoms with Crippen molar-refractivity contribution < 1.29 is 23.1 Å². The van der Waals surface area contributed by atoms with Gasteiger partial charge in [0, 0.05) is 48.8 Å². The zero-order valence-corrected chi connectivity index (χ0v) is 24.9. The Morgan fingerprint density at radius 3 is 2.58 bits per heavy atom. The van der Waals surface area contributed by atoms with Crippen molar-refractivity contribution in [2.45, 2.75) is 32.2 Å². The van der Waals surface area contributed by atoms with Gasteiger partial charge in [-0.15, -0.1) is 0 Å². The Morgan fingerprint density at radius 2 is 1.84 bits per heavy atom. The van der Waals surface area contributed by atoms with Crippen molar-refractivity contribution in [3.8, 4) is 17.0 Å². The summed E-state index contributed by atoms with van der Waals surface area (Å²) in [6.45, 7) is 2.79. The number of imidazole rings is 1. The Balaban J connectivity index is 1.38. The topological polar surface area (TPSA) is 198 Å².